The Hall–Kier alpha value is -1.18. The van der Waals surface area contributed by atoms with E-state index in [1.807, 2.05) is 24.3 Å². The van der Waals surface area contributed by atoms with Gasteiger partial charge in [0.05, 0.1) is 23.3 Å². The van der Waals surface area contributed by atoms with Gasteiger partial charge in [-0.2, -0.15) is 0 Å². The van der Waals surface area contributed by atoms with Gasteiger partial charge in [-0.15, -0.1) is 0 Å². The highest BCUT2D eigenvalue weighted by atomic mass is 14.9. The van der Waals surface area contributed by atoms with Gasteiger partial charge in [-0.3, -0.25) is 9.98 Å². The molecule has 2 rings (SSSR count). The molecule has 1 unspecified atom stereocenters. The first-order chi connectivity index (χ1) is 5.36. The Kier molecular flexibility index (Phi) is 1.46. The Labute approximate surface area is 65.3 Å². The van der Waals surface area contributed by atoms with Gasteiger partial charge in [-0.25, -0.2) is 0 Å². The van der Waals surface area contributed by atoms with Gasteiger partial charge in [0.1, 0.15) is 0 Å². The number of para-hydroxylation sites is 2. The minimum Gasteiger partial charge on any atom is -0.281 e. The number of fused-ring (bicyclic) bond motifs is 1. The van der Waals surface area contributed by atoms with E-state index in [2.05, 4.69) is 16.9 Å². The second-order valence-electron chi connectivity index (χ2n) is 2.81. The summed E-state index contributed by atoms with van der Waals surface area (Å²) in [4.78, 5) is 8.83. The summed E-state index contributed by atoms with van der Waals surface area (Å²) in [6, 6.07) is 8.35. The molecule has 0 fully saturated rings. The molecule has 2 heteroatoms. The summed E-state index contributed by atoms with van der Waals surface area (Å²) in [5, 5.41) is 2.07. The second-order valence-corrected chi connectivity index (χ2v) is 2.81. The predicted octanol–water partition coefficient (Wildman–Crippen LogP) is 0.328. The predicted molar refractivity (Wildman–Crippen MR) is 43.1 cm³/mol. The van der Waals surface area contributed by atoms with Crippen LogP contribution in [0.25, 0.3) is 0 Å². The Morgan fingerprint density at radius 3 is 2.82 bits per heavy atom. The van der Waals surface area contributed by atoms with Crippen LogP contribution in [0.2, 0.25) is 0 Å². The molecule has 0 saturated heterocycles. The molecule has 1 aliphatic heterocycles. The molecular formula is C9H10N2. The lowest BCUT2D eigenvalue weighted by Crippen LogP contribution is -2.32. The lowest BCUT2D eigenvalue weighted by atomic mass is 10.2. The van der Waals surface area contributed by atoms with E-state index in [0.717, 1.165) is 17.3 Å². The molecule has 0 saturated carbocycles. The molecule has 0 spiro atoms. The van der Waals surface area contributed by atoms with E-state index in [9.17, 15) is 0 Å². The van der Waals surface area contributed by atoms with Gasteiger partial charge >= 0.3 is 0 Å². The van der Waals surface area contributed by atoms with Crippen LogP contribution in [0, 0.1) is 0 Å². The highest BCUT2D eigenvalue weighted by Crippen LogP contribution is 1.90. The molecule has 0 radical (unpaired) electrons. The van der Waals surface area contributed by atoms with E-state index < -0.39 is 0 Å². The number of hydrogen-bond donors (Lipinski definition) is 0. The third kappa shape index (κ3) is 1.16. The van der Waals surface area contributed by atoms with Crippen molar-refractivity contribution in [2.75, 3.05) is 6.54 Å². The normalized spacial score (nSPS) is 21.4. The van der Waals surface area contributed by atoms with E-state index in [0.29, 0.717) is 6.04 Å². The van der Waals surface area contributed by atoms with Crippen LogP contribution >= 0.6 is 0 Å². The maximum atomic E-state index is 4.45. The lowest BCUT2D eigenvalue weighted by Gasteiger charge is -2.05. The van der Waals surface area contributed by atoms with E-state index in [-0.39, 0.29) is 0 Å². The fraction of sp³-hybridized carbons (Fsp3) is 0.333. The summed E-state index contributed by atoms with van der Waals surface area (Å²) in [6.45, 7) is 2.91. The highest BCUT2D eigenvalue weighted by molar-refractivity contribution is 5.02. The molecule has 1 atom stereocenters. The molecule has 0 aromatic heterocycles. The molecule has 0 bridgehead atoms. The van der Waals surface area contributed by atoms with E-state index in [1.54, 1.807) is 0 Å². The summed E-state index contributed by atoms with van der Waals surface area (Å²) < 4.78 is 0. The number of hydrogen-bond acceptors (Lipinski definition) is 2. The van der Waals surface area contributed by atoms with Crippen molar-refractivity contribution < 1.29 is 0 Å². The van der Waals surface area contributed by atoms with Crippen molar-refractivity contribution in [1.29, 1.82) is 0 Å². The van der Waals surface area contributed by atoms with E-state index >= 15 is 0 Å². The first-order valence-electron chi connectivity index (χ1n) is 3.83. The Balaban J connectivity index is 2.73. The zero-order valence-electron chi connectivity index (χ0n) is 6.49. The highest BCUT2D eigenvalue weighted by Gasteiger charge is 2.00. The van der Waals surface area contributed by atoms with Crippen LogP contribution < -0.4 is 10.7 Å². The second kappa shape index (κ2) is 2.46. The van der Waals surface area contributed by atoms with Crippen molar-refractivity contribution >= 4 is 0 Å². The minimum atomic E-state index is 0.352. The van der Waals surface area contributed by atoms with Gasteiger partial charge in [0, 0.05) is 0 Å². The number of benzene rings is 1. The molecule has 0 amide bonds. The Morgan fingerprint density at radius 2 is 2.00 bits per heavy atom. The third-order valence-corrected chi connectivity index (χ3v) is 1.77. The minimum absolute atomic E-state index is 0.352. The molecule has 1 heterocycles. The van der Waals surface area contributed by atoms with Gasteiger partial charge in [-0.05, 0) is 19.1 Å². The number of nitrogens with zero attached hydrogens (tertiary/aromatic N) is 2. The first-order valence-corrected chi connectivity index (χ1v) is 3.83. The topological polar surface area (TPSA) is 24.7 Å². The lowest BCUT2D eigenvalue weighted by molar-refractivity contribution is 0.694. The SMILES string of the molecule is CC1CN=c2ccccc2=N1. The van der Waals surface area contributed by atoms with Crippen LogP contribution in [0.5, 0.6) is 0 Å². The van der Waals surface area contributed by atoms with Crippen LogP contribution in [0.15, 0.2) is 34.3 Å². The molecule has 56 valence electrons. The average molecular weight is 146 g/mol. The Morgan fingerprint density at radius 1 is 1.27 bits per heavy atom. The molecule has 2 nitrogen and oxygen atoms in total. The summed E-state index contributed by atoms with van der Waals surface area (Å²) >= 11 is 0. The fourth-order valence-corrected chi connectivity index (χ4v) is 1.22. The summed E-state index contributed by atoms with van der Waals surface area (Å²) in [6.07, 6.45) is 0. The molecular weight excluding hydrogens is 136 g/mol. The quantitative estimate of drug-likeness (QED) is 0.504. The standard InChI is InChI=1S/C9H10N2/c1-7-6-10-8-4-2-3-5-9(8)11-7/h2-5,7H,6H2,1H3. The van der Waals surface area contributed by atoms with Crippen LogP contribution in [0.1, 0.15) is 6.92 Å². The van der Waals surface area contributed by atoms with Crippen molar-refractivity contribution in [1.82, 2.24) is 0 Å². The zero-order chi connectivity index (χ0) is 7.68. The molecule has 1 aromatic rings. The maximum Gasteiger partial charge on any atom is 0.0830 e. The molecule has 11 heavy (non-hydrogen) atoms. The summed E-state index contributed by atoms with van der Waals surface area (Å²) in [5.74, 6) is 0. The van der Waals surface area contributed by atoms with Gasteiger partial charge < -0.3 is 0 Å². The van der Waals surface area contributed by atoms with Crippen LogP contribution in [0.3, 0.4) is 0 Å². The maximum absolute atomic E-state index is 4.45. The van der Waals surface area contributed by atoms with Crippen molar-refractivity contribution in [2.45, 2.75) is 13.0 Å². The van der Waals surface area contributed by atoms with E-state index in [4.69, 9.17) is 0 Å². The van der Waals surface area contributed by atoms with Gasteiger partial charge in [0.15, 0.2) is 0 Å². The Bertz CT molecular complexity index is 367. The molecule has 0 N–H and O–H groups in total. The van der Waals surface area contributed by atoms with Gasteiger partial charge in [0.25, 0.3) is 0 Å². The average Bonchev–Trinajstić information content (AvgIpc) is 2.04. The van der Waals surface area contributed by atoms with Crippen molar-refractivity contribution in [2.24, 2.45) is 9.98 Å². The zero-order valence-corrected chi connectivity index (χ0v) is 6.49. The summed E-state index contributed by atoms with van der Waals surface area (Å²) in [7, 11) is 0. The van der Waals surface area contributed by atoms with E-state index in [1.165, 1.54) is 0 Å². The monoisotopic (exact) mass is 146 g/mol. The number of rotatable bonds is 0. The third-order valence-electron chi connectivity index (χ3n) is 1.77. The molecule has 1 aliphatic rings. The molecule has 0 aliphatic carbocycles. The largest absolute Gasteiger partial charge is 0.281 e. The summed E-state index contributed by atoms with van der Waals surface area (Å²) in [5.41, 5.74) is 0. The van der Waals surface area contributed by atoms with Crippen molar-refractivity contribution in [3.8, 4) is 0 Å². The first kappa shape index (κ1) is 6.53. The molecule has 1 aromatic carbocycles. The van der Waals surface area contributed by atoms with Crippen LogP contribution in [-0.4, -0.2) is 12.6 Å². The van der Waals surface area contributed by atoms with Crippen molar-refractivity contribution in [3.05, 3.63) is 35.0 Å². The van der Waals surface area contributed by atoms with Gasteiger partial charge in [0.2, 0.25) is 0 Å². The van der Waals surface area contributed by atoms with Crippen LogP contribution in [0.4, 0.5) is 0 Å². The van der Waals surface area contributed by atoms with Crippen LogP contribution in [-0.2, 0) is 0 Å². The van der Waals surface area contributed by atoms with Gasteiger partial charge in [-0.1, -0.05) is 12.1 Å². The fourth-order valence-electron chi connectivity index (χ4n) is 1.22. The van der Waals surface area contributed by atoms with Crippen molar-refractivity contribution in [3.63, 3.8) is 0 Å². The smallest absolute Gasteiger partial charge is 0.0830 e.